The van der Waals surface area contributed by atoms with Crippen LogP contribution in [-0.4, -0.2) is 6.04 Å². The molecule has 100 valence electrons. The van der Waals surface area contributed by atoms with E-state index in [2.05, 4.69) is 86.8 Å². The lowest BCUT2D eigenvalue weighted by atomic mass is 9.96. The summed E-state index contributed by atoms with van der Waals surface area (Å²) in [4.78, 5) is 0. The van der Waals surface area contributed by atoms with E-state index in [4.69, 9.17) is 0 Å². The van der Waals surface area contributed by atoms with Gasteiger partial charge in [-0.3, -0.25) is 0 Å². The fourth-order valence-electron chi connectivity index (χ4n) is 2.13. The van der Waals surface area contributed by atoms with Crippen LogP contribution >= 0.6 is 0 Å². The fourth-order valence-corrected chi connectivity index (χ4v) is 2.13. The third-order valence-corrected chi connectivity index (χ3v) is 3.70. The maximum Gasteiger partial charge on any atom is 0.0578 e. The maximum atomic E-state index is 3.75. The van der Waals surface area contributed by atoms with Gasteiger partial charge in [-0.2, -0.15) is 0 Å². The van der Waals surface area contributed by atoms with E-state index in [0.717, 1.165) is 0 Å². The first-order valence-corrected chi connectivity index (χ1v) is 7.04. The second kappa shape index (κ2) is 6.53. The second-order valence-corrected chi connectivity index (χ2v) is 5.45. The quantitative estimate of drug-likeness (QED) is 0.832. The van der Waals surface area contributed by atoms with Gasteiger partial charge in [0.05, 0.1) is 6.04 Å². The van der Waals surface area contributed by atoms with E-state index in [0.29, 0.717) is 12.0 Å². The Morgan fingerprint density at radius 2 is 1.11 bits per heavy atom. The van der Waals surface area contributed by atoms with E-state index in [1.807, 2.05) is 0 Å². The van der Waals surface area contributed by atoms with Crippen LogP contribution in [0.2, 0.25) is 0 Å². The van der Waals surface area contributed by atoms with Crippen molar-refractivity contribution in [2.24, 2.45) is 5.92 Å². The molecule has 2 aromatic rings. The molecule has 0 heterocycles. The average molecular weight is 253 g/mol. The Morgan fingerprint density at radius 3 is 1.47 bits per heavy atom. The fraction of sp³-hybridized carbons (Fsp3) is 0.333. The van der Waals surface area contributed by atoms with Gasteiger partial charge in [-0.1, -0.05) is 74.5 Å². The molecule has 1 N–H and O–H groups in total. The molecule has 0 amide bonds. The Bertz CT molecular complexity index is 436. The molecule has 0 bridgehead atoms. The van der Waals surface area contributed by atoms with Gasteiger partial charge in [-0.05, 0) is 24.0 Å². The van der Waals surface area contributed by atoms with E-state index in [9.17, 15) is 0 Å². The zero-order valence-electron chi connectivity index (χ0n) is 12.0. The molecule has 2 rings (SSSR count). The molecular formula is C18H23N. The van der Waals surface area contributed by atoms with Gasteiger partial charge >= 0.3 is 0 Å². The van der Waals surface area contributed by atoms with Crippen molar-refractivity contribution in [1.82, 2.24) is 5.32 Å². The van der Waals surface area contributed by atoms with E-state index in [-0.39, 0.29) is 6.04 Å². The minimum atomic E-state index is 0.264. The average Bonchev–Trinajstić information content (AvgIpc) is 2.46. The molecule has 0 saturated heterocycles. The highest BCUT2D eigenvalue weighted by Gasteiger charge is 2.17. The van der Waals surface area contributed by atoms with Crippen molar-refractivity contribution >= 4 is 0 Å². The topological polar surface area (TPSA) is 12.0 Å². The summed E-state index contributed by atoms with van der Waals surface area (Å²) in [5.41, 5.74) is 2.64. The largest absolute Gasteiger partial charge is 0.303 e. The highest BCUT2D eigenvalue weighted by Crippen LogP contribution is 2.23. The molecule has 0 saturated carbocycles. The minimum Gasteiger partial charge on any atom is -0.303 e. The summed E-state index contributed by atoms with van der Waals surface area (Å²) in [6.45, 7) is 6.76. The maximum absolute atomic E-state index is 3.75. The van der Waals surface area contributed by atoms with Gasteiger partial charge in [-0.15, -0.1) is 0 Å². The molecule has 1 nitrogen and oxygen atoms in total. The summed E-state index contributed by atoms with van der Waals surface area (Å²) < 4.78 is 0. The lowest BCUT2D eigenvalue weighted by Crippen LogP contribution is -2.34. The van der Waals surface area contributed by atoms with Gasteiger partial charge in [0.15, 0.2) is 0 Å². The molecule has 0 aliphatic heterocycles. The number of nitrogens with one attached hydrogen (secondary N) is 1. The van der Waals surface area contributed by atoms with Crippen molar-refractivity contribution in [3.63, 3.8) is 0 Å². The molecule has 2 aromatic carbocycles. The number of hydrogen-bond donors (Lipinski definition) is 1. The molecule has 0 aliphatic rings. The Kier molecular flexibility index (Phi) is 4.75. The summed E-state index contributed by atoms with van der Waals surface area (Å²) in [6, 6.07) is 22.1. The lowest BCUT2D eigenvalue weighted by Gasteiger charge is -2.26. The predicted molar refractivity (Wildman–Crippen MR) is 82.2 cm³/mol. The SMILES string of the molecule is CC(C)[C@H](C)NC(c1ccccc1)c1ccccc1. The van der Waals surface area contributed by atoms with Gasteiger partial charge in [0, 0.05) is 6.04 Å². The molecule has 0 radical (unpaired) electrons. The van der Waals surface area contributed by atoms with E-state index >= 15 is 0 Å². The molecule has 0 aliphatic carbocycles. The van der Waals surface area contributed by atoms with E-state index < -0.39 is 0 Å². The Morgan fingerprint density at radius 1 is 0.684 bits per heavy atom. The highest BCUT2D eigenvalue weighted by molar-refractivity contribution is 5.31. The van der Waals surface area contributed by atoms with Gasteiger partial charge in [0.1, 0.15) is 0 Å². The van der Waals surface area contributed by atoms with Crippen LogP contribution in [0.4, 0.5) is 0 Å². The summed E-state index contributed by atoms with van der Waals surface area (Å²) >= 11 is 0. The monoisotopic (exact) mass is 253 g/mol. The van der Waals surface area contributed by atoms with Gasteiger partial charge < -0.3 is 5.32 Å². The van der Waals surface area contributed by atoms with Crippen LogP contribution in [0.5, 0.6) is 0 Å². The van der Waals surface area contributed by atoms with Crippen molar-refractivity contribution in [1.29, 1.82) is 0 Å². The standard InChI is InChI=1S/C18H23N/c1-14(2)15(3)19-18(16-10-6-4-7-11-16)17-12-8-5-9-13-17/h4-15,18-19H,1-3H3/t15-/m0/s1. The first-order valence-electron chi connectivity index (χ1n) is 7.04. The molecule has 0 unspecified atom stereocenters. The molecule has 19 heavy (non-hydrogen) atoms. The van der Waals surface area contributed by atoms with Crippen molar-refractivity contribution in [2.45, 2.75) is 32.9 Å². The van der Waals surface area contributed by atoms with Crippen molar-refractivity contribution in [2.75, 3.05) is 0 Å². The molecule has 1 atom stereocenters. The summed E-state index contributed by atoms with van der Waals surface area (Å²) in [5.74, 6) is 0.620. The van der Waals surface area contributed by atoms with Gasteiger partial charge in [0.25, 0.3) is 0 Å². The first kappa shape index (κ1) is 13.8. The smallest absolute Gasteiger partial charge is 0.0578 e. The highest BCUT2D eigenvalue weighted by atomic mass is 14.9. The van der Waals surface area contributed by atoms with Crippen molar-refractivity contribution in [3.05, 3.63) is 71.8 Å². The van der Waals surface area contributed by atoms with Crippen LogP contribution in [0.25, 0.3) is 0 Å². The van der Waals surface area contributed by atoms with Crippen LogP contribution < -0.4 is 5.32 Å². The van der Waals surface area contributed by atoms with Crippen LogP contribution in [0.1, 0.15) is 37.9 Å². The predicted octanol–water partition coefficient (Wildman–Crippen LogP) is 4.41. The van der Waals surface area contributed by atoms with E-state index in [1.54, 1.807) is 0 Å². The van der Waals surface area contributed by atoms with Crippen molar-refractivity contribution in [3.8, 4) is 0 Å². The zero-order chi connectivity index (χ0) is 13.7. The normalized spacial score (nSPS) is 12.9. The minimum absolute atomic E-state index is 0.264. The Hall–Kier alpha value is -1.60. The molecule has 0 aromatic heterocycles. The van der Waals surface area contributed by atoms with Gasteiger partial charge in [-0.25, -0.2) is 0 Å². The summed E-state index contributed by atoms with van der Waals surface area (Å²) in [5, 5.41) is 3.75. The third kappa shape index (κ3) is 3.68. The summed E-state index contributed by atoms with van der Waals surface area (Å²) in [7, 11) is 0. The lowest BCUT2D eigenvalue weighted by molar-refractivity contribution is 0.400. The Balaban J connectivity index is 2.29. The van der Waals surface area contributed by atoms with Crippen LogP contribution in [0.15, 0.2) is 60.7 Å². The van der Waals surface area contributed by atoms with Gasteiger partial charge in [0.2, 0.25) is 0 Å². The third-order valence-electron chi connectivity index (χ3n) is 3.70. The number of hydrogen-bond acceptors (Lipinski definition) is 1. The first-order chi connectivity index (χ1) is 9.18. The molecule has 1 heteroatoms. The molecular weight excluding hydrogens is 230 g/mol. The van der Waals surface area contributed by atoms with Crippen LogP contribution in [0, 0.1) is 5.92 Å². The van der Waals surface area contributed by atoms with E-state index in [1.165, 1.54) is 11.1 Å². The second-order valence-electron chi connectivity index (χ2n) is 5.45. The Labute approximate surface area is 116 Å². The summed E-state index contributed by atoms with van der Waals surface area (Å²) in [6.07, 6.45) is 0. The van der Waals surface area contributed by atoms with Crippen LogP contribution in [-0.2, 0) is 0 Å². The van der Waals surface area contributed by atoms with Crippen LogP contribution in [0.3, 0.4) is 0 Å². The number of benzene rings is 2. The van der Waals surface area contributed by atoms with Crippen molar-refractivity contribution < 1.29 is 0 Å². The molecule has 0 fully saturated rings. The number of rotatable bonds is 5. The zero-order valence-corrected chi connectivity index (χ0v) is 12.0. The molecule has 0 spiro atoms.